The van der Waals surface area contributed by atoms with Gasteiger partial charge in [0.05, 0.1) is 40.1 Å². The van der Waals surface area contributed by atoms with E-state index in [9.17, 15) is 39.6 Å². The lowest BCUT2D eigenvalue weighted by atomic mass is 9.59. The molecular formula is C43H47N3O9. The van der Waals surface area contributed by atoms with E-state index in [-0.39, 0.29) is 56.9 Å². The molecule has 12 nitrogen and oxygen atoms in total. The molecule has 8 atom stereocenters. The third kappa shape index (κ3) is 5.68. The average Bonchev–Trinajstić information content (AvgIpc) is 3.65. The van der Waals surface area contributed by atoms with E-state index in [1.807, 2.05) is 6.92 Å². The quantitative estimate of drug-likeness (QED) is 0.105. The molecular weight excluding hydrogens is 702 g/mol. The number of ether oxygens (including phenoxy) is 1. The number of rotatable bonds is 8. The molecule has 1 spiro atoms. The fourth-order valence-corrected chi connectivity index (χ4v) is 9.82. The van der Waals surface area contributed by atoms with Crippen LogP contribution in [0.1, 0.15) is 65.2 Å². The molecule has 55 heavy (non-hydrogen) atoms. The van der Waals surface area contributed by atoms with Gasteiger partial charge in [-0.15, -0.1) is 0 Å². The fraction of sp³-hybridized carbons (Fsp3) is 0.395. The van der Waals surface area contributed by atoms with Gasteiger partial charge in [0.15, 0.2) is 17.5 Å². The Morgan fingerprint density at radius 1 is 0.927 bits per heavy atom. The van der Waals surface area contributed by atoms with Crippen molar-refractivity contribution in [1.82, 2.24) is 0 Å². The van der Waals surface area contributed by atoms with Gasteiger partial charge in [-0.05, 0) is 84.1 Å². The Hall–Kier alpha value is -5.30. The number of para-hydroxylation sites is 3. The number of esters is 1. The first-order valence-corrected chi connectivity index (χ1v) is 18.5. The van der Waals surface area contributed by atoms with Gasteiger partial charge < -0.3 is 40.7 Å². The molecule has 1 unspecified atom stereocenters. The second-order valence-corrected chi connectivity index (χ2v) is 16.2. The number of nitrogens with zero attached hydrogens (tertiary/aromatic N) is 1. The highest BCUT2D eigenvalue weighted by Crippen LogP contribution is 2.71. The molecule has 0 saturated heterocycles. The van der Waals surface area contributed by atoms with Crippen LogP contribution in [0.15, 0.2) is 90.0 Å². The Bertz CT molecular complexity index is 2170. The number of fused-ring (bicyclic) bond motifs is 3. The van der Waals surface area contributed by atoms with E-state index in [0.717, 1.165) is 0 Å². The highest BCUT2D eigenvalue weighted by molar-refractivity contribution is 6.16. The smallest absolute Gasteiger partial charge is 0.340 e. The van der Waals surface area contributed by atoms with E-state index < -0.39 is 59.5 Å². The summed E-state index contributed by atoms with van der Waals surface area (Å²) in [5, 5.41) is 51.3. The Labute approximate surface area is 319 Å². The number of nitrogens with one attached hydrogen (secondary N) is 2. The maximum atomic E-state index is 14.7. The fourth-order valence-electron chi connectivity index (χ4n) is 9.82. The molecule has 4 aliphatic rings. The number of phenols is 1. The van der Waals surface area contributed by atoms with Crippen LogP contribution >= 0.6 is 0 Å². The summed E-state index contributed by atoms with van der Waals surface area (Å²) in [5.74, 6) is -3.84. The van der Waals surface area contributed by atoms with Gasteiger partial charge in [-0.2, -0.15) is 0 Å². The molecule has 2 saturated carbocycles. The van der Waals surface area contributed by atoms with Gasteiger partial charge in [0.1, 0.15) is 11.9 Å². The molecule has 0 aliphatic heterocycles. The molecule has 2 amide bonds. The number of Topliss-reactive ketones (excluding diaryl/α,β-unsaturated/α-hetero) is 1. The summed E-state index contributed by atoms with van der Waals surface area (Å²) in [6.07, 6.45) is 0.650. The maximum absolute atomic E-state index is 14.7. The number of hydrogen-bond donors (Lipinski definition) is 6. The van der Waals surface area contributed by atoms with Gasteiger partial charge >= 0.3 is 5.97 Å². The second-order valence-electron chi connectivity index (χ2n) is 16.2. The summed E-state index contributed by atoms with van der Waals surface area (Å²) in [4.78, 5) is 57.9. The first-order chi connectivity index (χ1) is 26.0. The molecule has 6 N–H and O–H groups in total. The number of carbonyl (C=O) groups is 4. The molecule has 2 bridgehead atoms. The Balaban J connectivity index is 1.18. The zero-order valence-corrected chi connectivity index (χ0v) is 31.7. The monoisotopic (exact) mass is 749 g/mol. The standard InChI is InChI=1S/C43H47N3O9/c1-22-20-42-23(2)18-29-33(41(29,3)4)28(36(42)50)19-24(21-47)35(49)43(42,54)37(22)55-40(53)25-12-7-9-15-30(25)44-39(52)27-14-11-17-32(48)34(27)45-38(51)26-13-8-10-16-31(26)46(5)6/h7-17,19-20,23,28-29,33,35,37,47-49,54H,18,21H2,1-6H3,(H,44,52)(H,45,51)/t23-,28?,29-,33+,35-,37+,42+,43+/m1/s1. The van der Waals surface area contributed by atoms with E-state index in [4.69, 9.17) is 4.74 Å². The summed E-state index contributed by atoms with van der Waals surface area (Å²) in [7, 11) is 3.57. The van der Waals surface area contributed by atoms with Crippen molar-refractivity contribution in [2.24, 2.45) is 34.5 Å². The first kappa shape index (κ1) is 38.0. The van der Waals surface area contributed by atoms with Crippen LogP contribution in [0.2, 0.25) is 0 Å². The average molecular weight is 750 g/mol. The van der Waals surface area contributed by atoms with E-state index >= 15 is 0 Å². The molecule has 2 fully saturated rings. The Morgan fingerprint density at radius 2 is 1.56 bits per heavy atom. The van der Waals surface area contributed by atoms with Crippen molar-refractivity contribution in [3.8, 4) is 5.75 Å². The largest absolute Gasteiger partial charge is 0.506 e. The zero-order valence-electron chi connectivity index (χ0n) is 31.7. The van der Waals surface area contributed by atoms with Gasteiger partial charge in [0.2, 0.25) is 0 Å². The maximum Gasteiger partial charge on any atom is 0.340 e. The summed E-state index contributed by atoms with van der Waals surface area (Å²) in [5.41, 5.74) is -3.00. The number of anilines is 3. The lowest BCUT2D eigenvalue weighted by Crippen LogP contribution is -2.65. The number of aliphatic hydroxyl groups excluding tert-OH is 2. The van der Waals surface area contributed by atoms with Crippen LogP contribution in [0.25, 0.3) is 0 Å². The van der Waals surface area contributed by atoms with Crippen LogP contribution < -0.4 is 15.5 Å². The molecule has 288 valence electrons. The summed E-state index contributed by atoms with van der Waals surface area (Å²) in [6.45, 7) is 7.13. The zero-order chi connectivity index (χ0) is 39.8. The van der Waals surface area contributed by atoms with Crippen molar-refractivity contribution in [2.45, 2.75) is 51.9 Å². The lowest BCUT2D eigenvalue weighted by molar-refractivity contribution is -0.190. The molecule has 7 rings (SSSR count). The molecule has 4 aliphatic carbocycles. The van der Waals surface area contributed by atoms with Crippen molar-refractivity contribution < 1.29 is 44.3 Å². The van der Waals surface area contributed by atoms with Crippen molar-refractivity contribution in [3.63, 3.8) is 0 Å². The number of aliphatic hydroxyl groups is 3. The molecule has 0 aromatic heterocycles. The predicted molar refractivity (Wildman–Crippen MR) is 206 cm³/mol. The van der Waals surface area contributed by atoms with E-state index in [2.05, 4.69) is 24.5 Å². The van der Waals surface area contributed by atoms with Gasteiger partial charge in [-0.3, -0.25) is 14.4 Å². The van der Waals surface area contributed by atoms with Gasteiger partial charge in [-0.1, -0.05) is 63.3 Å². The van der Waals surface area contributed by atoms with Gasteiger partial charge in [0, 0.05) is 25.7 Å². The van der Waals surface area contributed by atoms with Crippen LogP contribution in [0, 0.1) is 34.5 Å². The van der Waals surface area contributed by atoms with Crippen LogP contribution in [0.3, 0.4) is 0 Å². The number of carbonyl (C=O) groups excluding carboxylic acids is 4. The van der Waals surface area contributed by atoms with Crippen LogP contribution in [-0.2, 0) is 9.53 Å². The molecule has 0 heterocycles. The summed E-state index contributed by atoms with van der Waals surface area (Å²) >= 11 is 0. The number of aromatic hydroxyl groups is 1. The highest BCUT2D eigenvalue weighted by atomic mass is 16.6. The lowest BCUT2D eigenvalue weighted by Gasteiger charge is -2.48. The summed E-state index contributed by atoms with van der Waals surface area (Å²) in [6, 6.07) is 17.1. The number of allylic oxidation sites excluding steroid dienone is 1. The van der Waals surface area contributed by atoms with Gasteiger partial charge in [0.25, 0.3) is 11.8 Å². The van der Waals surface area contributed by atoms with Crippen LogP contribution in [-0.4, -0.2) is 82.5 Å². The second kappa shape index (κ2) is 13.5. The molecule has 3 aromatic rings. The molecule has 0 radical (unpaired) electrons. The minimum absolute atomic E-state index is 0.0241. The van der Waals surface area contributed by atoms with Crippen LogP contribution in [0.4, 0.5) is 17.1 Å². The highest BCUT2D eigenvalue weighted by Gasteiger charge is 2.76. The number of amides is 2. The number of phenolic OH excluding ortho intramolecular Hbond substituents is 1. The normalized spacial score (nSPS) is 30.0. The van der Waals surface area contributed by atoms with E-state index in [1.165, 1.54) is 30.3 Å². The van der Waals surface area contributed by atoms with Crippen molar-refractivity contribution >= 4 is 40.6 Å². The third-order valence-electron chi connectivity index (χ3n) is 12.7. The summed E-state index contributed by atoms with van der Waals surface area (Å²) < 4.78 is 6.08. The van der Waals surface area contributed by atoms with Crippen molar-refractivity contribution in [2.75, 3.05) is 36.2 Å². The first-order valence-electron chi connectivity index (χ1n) is 18.5. The van der Waals surface area contributed by atoms with E-state index in [0.29, 0.717) is 23.2 Å². The van der Waals surface area contributed by atoms with Crippen LogP contribution in [0.5, 0.6) is 5.75 Å². The Kier molecular flexibility index (Phi) is 9.30. The minimum Gasteiger partial charge on any atom is -0.506 e. The predicted octanol–water partition coefficient (Wildman–Crippen LogP) is 4.96. The van der Waals surface area contributed by atoms with E-state index in [1.54, 1.807) is 74.5 Å². The van der Waals surface area contributed by atoms with Gasteiger partial charge in [-0.25, -0.2) is 4.79 Å². The topological polar surface area (TPSA) is 186 Å². The molecule has 3 aromatic carbocycles. The van der Waals surface area contributed by atoms with Crippen molar-refractivity contribution in [1.29, 1.82) is 0 Å². The number of benzene rings is 3. The van der Waals surface area contributed by atoms with Crippen molar-refractivity contribution in [3.05, 3.63) is 107 Å². The number of hydrogen-bond acceptors (Lipinski definition) is 10. The third-order valence-corrected chi connectivity index (χ3v) is 12.7. The number of ketones is 1. The molecule has 12 heteroatoms. The SMILES string of the molecule is CC1=C[C@]23C(=O)C(C=C(CO)[C@@H](O)[C@]2(O)[C@H]1OC(=O)c1ccccc1NC(=O)c1cccc(O)c1NC(=O)c1ccccc1N(C)C)[C@H]1[C@@H](C[C@H]3C)C1(C)C. The minimum atomic E-state index is -2.34. The Morgan fingerprint density at radius 3 is 2.25 bits per heavy atom.